The van der Waals surface area contributed by atoms with E-state index >= 15 is 0 Å². The van der Waals surface area contributed by atoms with Crippen molar-refractivity contribution in [1.29, 1.82) is 0 Å². The van der Waals surface area contributed by atoms with Crippen LogP contribution < -0.4 is 0 Å². The Morgan fingerprint density at radius 2 is 1.85 bits per heavy atom. The largest absolute Gasteiger partial charge is 0.345 e. The van der Waals surface area contributed by atoms with Gasteiger partial charge in [0.2, 0.25) is 0 Å². The molecule has 0 unspecified atom stereocenters. The van der Waals surface area contributed by atoms with Crippen LogP contribution in [-0.4, -0.2) is 57.8 Å². The molecule has 5 nitrogen and oxygen atoms in total. The van der Waals surface area contributed by atoms with Crippen LogP contribution >= 0.6 is 0 Å². The Balaban J connectivity index is 1.41. The molecule has 140 valence electrons. The highest BCUT2D eigenvalue weighted by Gasteiger charge is 2.50. The number of halogens is 1. The van der Waals surface area contributed by atoms with Crippen LogP contribution in [0.4, 0.5) is 9.18 Å². The van der Waals surface area contributed by atoms with Gasteiger partial charge in [0.1, 0.15) is 5.82 Å². The summed E-state index contributed by atoms with van der Waals surface area (Å²) in [4.78, 5) is 18.0. The molecule has 7 rings (SSSR count). The fraction of sp³-hybridized carbons (Fsp3) is 0.524. The molecule has 27 heavy (non-hydrogen) atoms. The van der Waals surface area contributed by atoms with Crippen molar-refractivity contribution in [3.8, 4) is 11.3 Å². The molecule has 0 radical (unpaired) electrons. The van der Waals surface area contributed by atoms with E-state index < -0.39 is 0 Å². The van der Waals surface area contributed by atoms with Crippen molar-refractivity contribution in [2.75, 3.05) is 26.2 Å². The molecule has 2 atom stereocenters. The van der Waals surface area contributed by atoms with Gasteiger partial charge in [0.15, 0.2) is 0 Å². The van der Waals surface area contributed by atoms with Gasteiger partial charge in [-0.3, -0.25) is 0 Å². The van der Waals surface area contributed by atoms with Crippen LogP contribution in [-0.2, 0) is 6.42 Å². The Kier molecular flexibility index (Phi) is 3.30. The number of benzene rings is 1. The summed E-state index contributed by atoms with van der Waals surface area (Å²) in [6.07, 6.45) is 4.27. The molecule has 5 aliphatic rings. The molecule has 4 heterocycles. The average Bonchev–Trinajstić information content (AvgIpc) is 3.33. The molecule has 2 aromatic rings. The summed E-state index contributed by atoms with van der Waals surface area (Å²) in [6, 6.07) is 6.89. The van der Waals surface area contributed by atoms with E-state index in [4.69, 9.17) is 5.10 Å². The van der Waals surface area contributed by atoms with Crippen LogP contribution in [0.3, 0.4) is 0 Å². The topological polar surface area (TPSA) is 41.4 Å². The van der Waals surface area contributed by atoms with E-state index in [1.54, 1.807) is 16.8 Å². The van der Waals surface area contributed by atoms with Crippen LogP contribution in [0.15, 0.2) is 24.3 Å². The lowest BCUT2D eigenvalue weighted by Crippen LogP contribution is -2.44. The Hall–Kier alpha value is -2.21. The van der Waals surface area contributed by atoms with Gasteiger partial charge >= 0.3 is 6.03 Å². The molecule has 1 saturated carbocycles. The van der Waals surface area contributed by atoms with Gasteiger partial charge in [0, 0.05) is 43.3 Å². The first-order valence-electron chi connectivity index (χ1n) is 10.1. The second kappa shape index (κ2) is 5.64. The van der Waals surface area contributed by atoms with Crippen molar-refractivity contribution in [2.45, 2.75) is 37.6 Å². The molecular weight excluding hydrogens is 343 g/mol. The van der Waals surface area contributed by atoms with E-state index in [1.165, 1.54) is 24.1 Å². The lowest BCUT2D eigenvalue weighted by Gasteiger charge is -2.31. The number of hydrogen-bond acceptors (Lipinski definition) is 3. The fourth-order valence-corrected chi connectivity index (χ4v) is 5.37. The molecule has 6 heteroatoms. The van der Waals surface area contributed by atoms with E-state index in [-0.39, 0.29) is 11.8 Å². The Labute approximate surface area is 157 Å². The van der Waals surface area contributed by atoms with Crippen molar-refractivity contribution in [3.63, 3.8) is 0 Å². The number of nitrogens with zero attached hydrogens (tertiary/aromatic N) is 4. The van der Waals surface area contributed by atoms with Crippen LogP contribution in [0.25, 0.3) is 11.3 Å². The van der Waals surface area contributed by atoms with Crippen molar-refractivity contribution in [3.05, 3.63) is 41.3 Å². The second-order valence-electron chi connectivity index (χ2n) is 8.48. The quantitative estimate of drug-likeness (QED) is 0.779. The number of carbonyl (C=O) groups excluding carboxylic acids is 1. The van der Waals surface area contributed by atoms with Crippen LogP contribution in [0.5, 0.6) is 0 Å². The molecule has 2 aliphatic carbocycles. The Bertz CT molecular complexity index is 913. The first kappa shape index (κ1) is 15.8. The predicted molar refractivity (Wildman–Crippen MR) is 99.1 cm³/mol. The molecular formula is C21H23FN4O. The van der Waals surface area contributed by atoms with E-state index in [0.29, 0.717) is 17.9 Å². The van der Waals surface area contributed by atoms with Gasteiger partial charge in [-0.1, -0.05) is 0 Å². The lowest BCUT2D eigenvalue weighted by molar-refractivity contribution is 0.168. The normalized spacial score (nSPS) is 30.8. The van der Waals surface area contributed by atoms with Gasteiger partial charge in [0.05, 0.1) is 11.4 Å². The van der Waals surface area contributed by atoms with Gasteiger partial charge in [-0.2, -0.15) is 9.78 Å². The zero-order valence-electron chi connectivity index (χ0n) is 15.3. The van der Waals surface area contributed by atoms with Gasteiger partial charge < -0.3 is 9.80 Å². The maximum absolute atomic E-state index is 13.5. The number of aromatic nitrogens is 2. The molecule has 3 saturated heterocycles. The highest BCUT2D eigenvalue weighted by molar-refractivity contribution is 5.80. The molecule has 0 spiro atoms. The molecule has 1 amide bonds. The van der Waals surface area contributed by atoms with Gasteiger partial charge in [-0.15, -0.1) is 0 Å². The van der Waals surface area contributed by atoms with E-state index in [1.807, 2.05) is 0 Å². The maximum Gasteiger partial charge on any atom is 0.345 e. The third-order valence-corrected chi connectivity index (χ3v) is 6.97. The van der Waals surface area contributed by atoms with Gasteiger partial charge in [-0.25, -0.2) is 9.18 Å². The summed E-state index contributed by atoms with van der Waals surface area (Å²) in [6.45, 7) is 3.94. The van der Waals surface area contributed by atoms with E-state index in [2.05, 4.69) is 9.80 Å². The monoisotopic (exact) mass is 366 g/mol. The number of rotatable bonds is 1. The number of carbonyl (C=O) groups is 1. The van der Waals surface area contributed by atoms with Crippen molar-refractivity contribution in [2.24, 2.45) is 5.92 Å². The van der Waals surface area contributed by atoms with E-state index in [0.717, 1.165) is 62.4 Å². The molecule has 3 aliphatic heterocycles. The average molecular weight is 366 g/mol. The van der Waals surface area contributed by atoms with E-state index in [9.17, 15) is 9.18 Å². The van der Waals surface area contributed by atoms with Crippen LogP contribution in [0.1, 0.15) is 36.4 Å². The molecule has 2 bridgehead atoms. The van der Waals surface area contributed by atoms with Crippen molar-refractivity contribution < 1.29 is 9.18 Å². The second-order valence-corrected chi connectivity index (χ2v) is 8.48. The molecule has 4 fully saturated rings. The van der Waals surface area contributed by atoms with Crippen LogP contribution in [0.2, 0.25) is 0 Å². The number of hydrogen-bond donors (Lipinski definition) is 0. The standard InChI is InChI=1S/C21H23FN4O/c22-15-3-1-13(2-4-15)20-19-17-11-14(17)12-18(19)26(23-20)21(27)25-10-9-24-7-5-16(25)6-8-24/h1-4,14,16-17H,5-12H2/t14-,17-/m0/s1. The zero-order valence-corrected chi connectivity index (χ0v) is 15.3. The number of fused-ring (bicyclic) bond motifs is 7. The first-order chi connectivity index (χ1) is 13.2. The summed E-state index contributed by atoms with van der Waals surface area (Å²) in [7, 11) is 0. The van der Waals surface area contributed by atoms with Crippen LogP contribution in [0, 0.1) is 11.7 Å². The fourth-order valence-electron chi connectivity index (χ4n) is 5.37. The minimum Gasteiger partial charge on any atom is -0.318 e. The highest BCUT2D eigenvalue weighted by atomic mass is 19.1. The Morgan fingerprint density at radius 1 is 1.07 bits per heavy atom. The summed E-state index contributed by atoms with van der Waals surface area (Å²) in [5, 5.41) is 4.79. The minimum atomic E-state index is -0.245. The Morgan fingerprint density at radius 3 is 2.63 bits per heavy atom. The summed E-state index contributed by atoms with van der Waals surface area (Å²) >= 11 is 0. The smallest absolute Gasteiger partial charge is 0.318 e. The summed E-state index contributed by atoms with van der Waals surface area (Å²) in [5.74, 6) is 0.959. The predicted octanol–water partition coefficient (Wildman–Crippen LogP) is 3.10. The van der Waals surface area contributed by atoms with Gasteiger partial charge in [0.25, 0.3) is 0 Å². The SMILES string of the molecule is O=C(N1CCN2CCC1CC2)n1nc(-c2ccc(F)cc2)c2c1C[C@@H]1C[C@H]21. The third-order valence-electron chi connectivity index (χ3n) is 6.97. The minimum absolute atomic E-state index is 0.0367. The number of amides is 1. The highest BCUT2D eigenvalue weighted by Crippen LogP contribution is 2.58. The molecule has 1 aromatic carbocycles. The maximum atomic E-state index is 13.5. The molecule has 0 N–H and O–H groups in total. The first-order valence-corrected chi connectivity index (χ1v) is 10.1. The van der Waals surface area contributed by atoms with Gasteiger partial charge in [-0.05, 0) is 61.8 Å². The third kappa shape index (κ3) is 2.39. The zero-order chi connectivity index (χ0) is 18.1. The number of piperidine rings is 1. The molecule has 1 aromatic heterocycles. The van der Waals surface area contributed by atoms with Crippen molar-refractivity contribution >= 4 is 6.03 Å². The summed E-state index contributed by atoms with van der Waals surface area (Å²) in [5.41, 5.74) is 4.13. The lowest BCUT2D eigenvalue weighted by atomic mass is 10.0. The van der Waals surface area contributed by atoms with Crippen molar-refractivity contribution in [1.82, 2.24) is 19.6 Å². The summed E-state index contributed by atoms with van der Waals surface area (Å²) < 4.78 is 15.1.